The largest absolute Gasteiger partial charge is 0.507 e. The normalized spacial score (nSPS) is 21.2. The number of para-hydroxylation sites is 1. The van der Waals surface area contributed by atoms with Crippen LogP contribution in [0.25, 0.3) is 0 Å². The summed E-state index contributed by atoms with van der Waals surface area (Å²) in [5.74, 6) is 0.0746. The lowest BCUT2D eigenvalue weighted by molar-refractivity contribution is -0.143. The number of phenols is 1. The Balaban J connectivity index is 0.00000468. The second-order valence-corrected chi connectivity index (χ2v) is 14.5. The van der Waals surface area contributed by atoms with E-state index in [-0.39, 0.29) is 43.1 Å². The predicted octanol–water partition coefficient (Wildman–Crippen LogP) is 4.88. The Morgan fingerprint density at radius 1 is 0.939 bits per heavy atom. The van der Waals surface area contributed by atoms with Gasteiger partial charge in [-0.2, -0.15) is 0 Å². The summed E-state index contributed by atoms with van der Waals surface area (Å²) >= 11 is 0. The summed E-state index contributed by atoms with van der Waals surface area (Å²) in [6, 6.07) is 11.6. The molecule has 0 bridgehead atoms. The van der Waals surface area contributed by atoms with Crippen LogP contribution < -0.4 is 5.32 Å². The van der Waals surface area contributed by atoms with Gasteiger partial charge in [0.2, 0.25) is 0 Å². The molecule has 11 nitrogen and oxygen atoms in total. The minimum Gasteiger partial charge on any atom is -0.507 e. The fourth-order valence-electron chi connectivity index (χ4n) is 7.93. The molecule has 6 rings (SSSR count). The molecule has 0 radical (unpaired) electrons. The second-order valence-electron chi connectivity index (χ2n) is 14.5. The Hall–Kier alpha value is -3.83. The van der Waals surface area contributed by atoms with Crippen LogP contribution in [-0.4, -0.2) is 131 Å². The Morgan fingerprint density at radius 3 is 2.22 bits per heavy atom. The first-order valence-corrected chi connectivity index (χ1v) is 17.6. The van der Waals surface area contributed by atoms with E-state index < -0.39 is 12.2 Å². The minimum atomic E-state index is -0.971. The van der Waals surface area contributed by atoms with Gasteiger partial charge in [-0.25, -0.2) is 9.59 Å². The lowest BCUT2D eigenvalue weighted by Gasteiger charge is -2.49. The van der Waals surface area contributed by atoms with Crippen LogP contribution in [0, 0.1) is 13.8 Å². The number of hydrogen-bond donors (Lipinski definition) is 2. The zero-order chi connectivity index (χ0) is 34.0. The molecule has 4 aliphatic heterocycles. The van der Waals surface area contributed by atoms with Crippen LogP contribution in [-0.2, 0) is 22.4 Å². The van der Waals surface area contributed by atoms with Crippen LogP contribution in [0.3, 0.4) is 0 Å². The van der Waals surface area contributed by atoms with Crippen molar-refractivity contribution in [3.8, 4) is 5.75 Å². The third kappa shape index (κ3) is 8.15. The maximum atomic E-state index is 14.1. The highest BCUT2D eigenvalue weighted by molar-refractivity contribution is 5.91. The Morgan fingerprint density at radius 2 is 1.57 bits per heavy atom. The number of nitrogens with one attached hydrogen (secondary N) is 1. The van der Waals surface area contributed by atoms with Crippen molar-refractivity contribution < 1.29 is 24.2 Å². The number of urea groups is 1. The molecule has 0 spiro atoms. The zero-order valence-corrected chi connectivity index (χ0v) is 29.0. The summed E-state index contributed by atoms with van der Waals surface area (Å²) in [4.78, 5) is 51.2. The molecule has 3 saturated heterocycles. The molecule has 2 N–H and O–H groups in total. The number of likely N-dealkylation sites (tertiary alicyclic amines) is 2. The first-order chi connectivity index (χ1) is 23.0. The molecule has 3 fully saturated rings. The van der Waals surface area contributed by atoms with Crippen LogP contribution in [0.15, 0.2) is 36.4 Å². The van der Waals surface area contributed by atoms with Gasteiger partial charge >= 0.3 is 12.1 Å². The number of fused-ring (bicyclic) bond motifs is 1. The minimum absolute atomic E-state index is 0. The average Bonchev–Trinajstić information content (AvgIpc) is 3.25. The summed E-state index contributed by atoms with van der Waals surface area (Å²) < 4.78 is 6.09. The van der Waals surface area contributed by atoms with E-state index >= 15 is 0 Å². The van der Waals surface area contributed by atoms with Gasteiger partial charge in [0.05, 0.1) is 0 Å². The van der Waals surface area contributed by atoms with Crippen LogP contribution in [0.4, 0.5) is 15.3 Å². The number of aryl methyl sites for hydroxylation is 2. The van der Waals surface area contributed by atoms with Crippen molar-refractivity contribution in [1.29, 1.82) is 0 Å². The number of benzene rings is 2. The van der Waals surface area contributed by atoms with Crippen molar-refractivity contribution in [2.45, 2.75) is 84.4 Å². The molecule has 49 heavy (non-hydrogen) atoms. The molecular weight excluding hydrogens is 620 g/mol. The van der Waals surface area contributed by atoms with Gasteiger partial charge in [-0.15, -0.1) is 0 Å². The smallest absolute Gasteiger partial charge is 0.410 e. The number of ether oxygens (including phenoxy) is 1. The predicted molar refractivity (Wildman–Crippen MR) is 192 cm³/mol. The average molecular weight is 677 g/mol. The maximum absolute atomic E-state index is 14.1. The molecule has 4 aliphatic rings. The van der Waals surface area contributed by atoms with Crippen LogP contribution in [0.1, 0.15) is 62.3 Å². The first kappa shape index (κ1) is 36.5. The van der Waals surface area contributed by atoms with E-state index in [1.807, 2.05) is 60.0 Å². The van der Waals surface area contributed by atoms with E-state index in [0.717, 1.165) is 73.4 Å². The summed E-state index contributed by atoms with van der Waals surface area (Å²) in [5, 5.41) is 13.4. The molecule has 4 heterocycles. The molecule has 0 aromatic heterocycles. The number of likely N-dealkylation sites (N-methyl/N-ethyl adjacent to an activating group) is 1. The number of piperidine rings is 2. The number of anilines is 1. The van der Waals surface area contributed by atoms with Crippen LogP contribution >= 0.6 is 0 Å². The first-order valence-electron chi connectivity index (χ1n) is 17.6. The summed E-state index contributed by atoms with van der Waals surface area (Å²) in [6.45, 7) is 12.9. The van der Waals surface area contributed by atoms with Gasteiger partial charge in [-0.1, -0.05) is 37.8 Å². The number of carbonyl (C=O) groups is 3. The van der Waals surface area contributed by atoms with E-state index in [1.54, 1.807) is 4.90 Å². The number of hydrogen-bond acceptors (Lipinski definition) is 7. The van der Waals surface area contributed by atoms with Gasteiger partial charge in [0.15, 0.2) is 6.10 Å². The quantitative estimate of drug-likeness (QED) is 0.449. The molecule has 0 aliphatic carbocycles. The lowest BCUT2D eigenvalue weighted by Crippen LogP contribution is -2.60. The number of phenolic OH excluding ortho intramolecular Hbond substituents is 1. The van der Waals surface area contributed by atoms with Gasteiger partial charge in [0.1, 0.15) is 5.75 Å². The van der Waals surface area contributed by atoms with Crippen molar-refractivity contribution in [2.75, 3.05) is 71.3 Å². The van der Waals surface area contributed by atoms with E-state index in [4.69, 9.17) is 4.74 Å². The topological polar surface area (TPSA) is 109 Å². The molecular formula is C38H56N6O5. The molecule has 2 aromatic carbocycles. The summed E-state index contributed by atoms with van der Waals surface area (Å²) in [7, 11) is 2.16. The van der Waals surface area contributed by atoms with Crippen molar-refractivity contribution in [2.24, 2.45) is 0 Å². The van der Waals surface area contributed by atoms with Crippen molar-refractivity contribution in [3.63, 3.8) is 0 Å². The van der Waals surface area contributed by atoms with Gasteiger partial charge in [-0.3, -0.25) is 9.69 Å². The molecule has 11 heteroatoms. The molecule has 268 valence electrons. The third-order valence-corrected chi connectivity index (χ3v) is 11.2. The zero-order valence-electron chi connectivity index (χ0n) is 29.0. The second kappa shape index (κ2) is 15.4. The number of aromatic hydroxyl groups is 1. The third-order valence-electron chi connectivity index (χ3n) is 11.2. The fraction of sp³-hybridized carbons (Fsp3) is 0.605. The Labute approximate surface area is 292 Å². The molecule has 0 unspecified atom stereocenters. The summed E-state index contributed by atoms with van der Waals surface area (Å²) in [6.07, 6.45) is 2.60. The SMILES string of the molecule is C.Cc1cc(C[C@@H](OC(=O)N2CCC(N3CCc4ccccc4NC3=O)CC2)C(=O)N2CCC(C)(N3CCN(C)CC3)CC2)cc(C)c1O. The van der Waals surface area contributed by atoms with Gasteiger partial charge in [-0.05, 0) is 88.2 Å². The highest BCUT2D eigenvalue weighted by atomic mass is 16.6. The number of carbonyl (C=O) groups excluding carboxylic acids is 3. The van der Waals surface area contributed by atoms with Gasteiger partial charge in [0, 0.05) is 82.6 Å². The number of amides is 4. The highest BCUT2D eigenvalue weighted by Crippen LogP contribution is 2.31. The number of piperazine rings is 1. The van der Waals surface area contributed by atoms with E-state index in [1.165, 1.54) is 0 Å². The van der Waals surface area contributed by atoms with E-state index in [9.17, 15) is 19.5 Å². The molecule has 2 aromatic rings. The summed E-state index contributed by atoms with van der Waals surface area (Å²) in [5.41, 5.74) is 4.34. The lowest BCUT2D eigenvalue weighted by atomic mass is 9.86. The Bertz CT molecular complexity index is 1470. The van der Waals surface area contributed by atoms with E-state index in [2.05, 4.69) is 29.1 Å². The van der Waals surface area contributed by atoms with Gasteiger partial charge in [0.25, 0.3) is 5.91 Å². The monoisotopic (exact) mass is 676 g/mol. The maximum Gasteiger partial charge on any atom is 0.410 e. The van der Waals surface area contributed by atoms with Crippen molar-refractivity contribution >= 4 is 23.7 Å². The highest BCUT2D eigenvalue weighted by Gasteiger charge is 2.40. The van der Waals surface area contributed by atoms with Crippen LogP contribution in [0.5, 0.6) is 5.75 Å². The molecule has 1 atom stereocenters. The number of rotatable bonds is 6. The Kier molecular flexibility index (Phi) is 11.4. The fourth-order valence-corrected chi connectivity index (χ4v) is 7.93. The van der Waals surface area contributed by atoms with E-state index in [0.29, 0.717) is 45.6 Å². The van der Waals surface area contributed by atoms with Gasteiger partial charge < -0.3 is 34.8 Å². The standard InChI is InChI=1S/C37H52N6O5.CH4/c1-26-23-28(24-27(2)33(26)44)25-32(34(45)40-17-12-37(3,13-18-40)42-21-19-39(4)20-22-42)48-36(47)41-14-10-30(11-15-41)43-16-9-29-7-5-6-8-31(29)38-35(43)46;/h5-8,23-24,30,32,44H,9-22,25H2,1-4H3,(H,38,46);1H4/t32-;/m1./s1. The molecule has 4 amide bonds. The number of nitrogens with zero attached hydrogens (tertiary/aromatic N) is 5. The van der Waals surface area contributed by atoms with Crippen molar-refractivity contribution in [3.05, 3.63) is 58.7 Å². The molecule has 0 saturated carbocycles. The van der Waals surface area contributed by atoms with Crippen LogP contribution in [0.2, 0.25) is 0 Å². The van der Waals surface area contributed by atoms with Crippen molar-refractivity contribution in [1.82, 2.24) is 24.5 Å².